The zero-order valence-electron chi connectivity index (χ0n) is 18.3. The first-order valence-electron chi connectivity index (χ1n) is 11.2. The number of aliphatic hydroxyl groups excluding tert-OH is 2. The first kappa shape index (κ1) is 22.8. The van der Waals surface area contributed by atoms with Crippen LogP contribution < -0.4 is 5.32 Å². The lowest BCUT2D eigenvalue weighted by Gasteiger charge is -2.17. The molecule has 12 nitrogen and oxygen atoms in total. The summed E-state index contributed by atoms with van der Waals surface area (Å²) in [4.78, 5) is 9.35. The smallest absolute Gasteiger partial charge is 0.191 e. The van der Waals surface area contributed by atoms with Crippen LogP contribution in [0.25, 0.3) is 11.2 Å². The van der Waals surface area contributed by atoms with Gasteiger partial charge in [0.15, 0.2) is 28.0 Å². The molecule has 1 aliphatic carbocycles. The molecule has 174 valence electrons. The number of aryl methyl sites for hydroxylation is 1. The van der Waals surface area contributed by atoms with Crippen molar-refractivity contribution in [2.45, 2.75) is 75.8 Å². The van der Waals surface area contributed by atoms with Crippen LogP contribution in [0.3, 0.4) is 0 Å². The van der Waals surface area contributed by atoms with Crippen molar-refractivity contribution in [1.29, 1.82) is 0 Å². The summed E-state index contributed by atoms with van der Waals surface area (Å²) >= 11 is 1.59. The Bertz CT molecular complexity index is 998. The molecular formula is C19H30N10O2S. The van der Waals surface area contributed by atoms with Crippen LogP contribution in [0.15, 0.2) is 5.16 Å². The van der Waals surface area contributed by atoms with Crippen molar-refractivity contribution in [1.82, 2.24) is 45.6 Å². The number of thioether (sulfide) groups is 1. The zero-order chi connectivity index (χ0) is 22.5. The van der Waals surface area contributed by atoms with Crippen LogP contribution in [0.5, 0.6) is 0 Å². The third-order valence-electron chi connectivity index (χ3n) is 5.77. The summed E-state index contributed by atoms with van der Waals surface area (Å²) in [6, 6.07) is -0.423. The second-order valence-corrected chi connectivity index (χ2v) is 9.16. The standard InChI is InChI=1S/C19H30N10O2S/c1-3-5-8-20-17-14-18(22-19(21-17)32-9-4-2)29(28-25-14)12-10-11(15(30)16(12)31)6-7-13-23-26-27-24-13/h11-12,15-16,30-31H,3-10H2,1-2H3,(H,20,21,22)(H,23,24,26,27)/t11-,12+,15+,16-/m0/s1. The molecule has 0 unspecified atom stereocenters. The summed E-state index contributed by atoms with van der Waals surface area (Å²) < 4.78 is 1.65. The summed E-state index contributed by atoms with van der Waals surface area (Å²) in [6.45, 7) is 5.04. The van der Waals surface area contributed by atoms with Crippen LogP contribution in [0.4, 0.5) is 5.82 Å². The second-order valence-electron chi connectivity index (χ2n) is 8.10. The number of nitrogens with one attached hydrogen (secondary N) is 2. The number of hydrogen-bond acceptors (Lipinski definition) is 11. The van der Waals surface area contributed by atoms with Crippen LogP contribution in [-0.2, 0) is 6.42 Å². The van der Waals surface area contributed by atoms with E-state index in [1.807, 2.05) is 0 Å². The number of rotatable bonds is 11. The molecule has 0 aliphatic heterocycles. The number of aromatic nitrogens is 9. The molecule has 1 fully saturated rings. The van der Waals surface area contributed by atoms with Crippen LogP contribution in [-0.4, -0.2) is 80.3 Å². The van der Waals surface area contributed by atoms with Crippen molar-refractivity contribution >= 4 is 28.7 Å². The largest absolute Gasteiger partial charge is 0.390 e. The van der Waals surface area contributed by atoms with E-state index >= 15 is 0 Å². The number of tetrazole rings is 1. The molecule has 4 N–H and O–H groups in total. The van der Waals surface area contributed by atoms with Gasteiger partial charge in [-0.2, -0.15) is 5.21 Å². The Balaban J connectivity index is 1.59. The third-order valence-corrected chi connectivity index (χ3v) is 6.83. The SMILES string of the molecule is CCCCNc1nc(SCCC)nc2c1nnn2[C@@H]1C[C@H](CCc2nn[nH]n2)[C@@H](O)[C@H]1O. The lowest BCUT2D eigenvalue weighted by Crippen LogP contribution is -2.30. The van der Waals surface area contributed by atoms with Gasteiger partial charge in [-0.05, 0) is 31.6 Å². The van der Waals surface area contributed by atoms with Crippen LogP contribution in [0.1, 0.15) is 57.8 Å². The lowest BCUT2D eigenvalue weighted by atomic mass is 9.99. The monoisotopic (exact) mass is 462 g/mol. The van der Waals surface area contributed by atoms with Crippen molar-refractivity contribution in [3.05, 3.63) is 5.82 Å². The molecule has 0 saturated heterocycles. The summed E-state index contributed by atoms with van der Waals surface area (Å²) in [6.07, 6.45) is 3.03. The van der Waals surface area contributed by atoms with Gasteiger partial charge in [-0.1, -0.05) is 42.5 Å². The highest BCUT2D eigenvalue weighted by molar-refractivity contribution is 7.99. The Kier molecular flexibility index (Phi) is 7.48. The highest BCUT2D eigenvalue weighted by atomic mass is 32.2. The number of H-pyrrole nitrogens is 1. The minimum atomic E-state index is -0.964. The van der Waals surface area contributed by atoms with Crippen molar-refractivity contribution in [3.63, 3.8) is 0 Å². The average Bonchev–Trinajstić information content (AvgIpc) is 3.52. The molecule has 3 heterocycles. The summed E-state index contributed by atoms with van der Waals surface area (Å²) in [5.41, 5.74) is 1.16. The quantitative estimate of drug-likeness (QED) is 0.185. The van der Waals surface area contributed by atoms with E-state index in [0.29, 0.717) is 47.2 Å². The molecular weight excluding hydrogens is 432 g/mol. The van der Waals surface area contributed by atoms with E-state index in [0.717, 1.165) is 31.6 Å². The number of aromatic amines is 1. The molecule has 4 rings (SSSR count). The van der Waals surface area contributed by atoms with Crippen LogP contribution >= 0.6 is 11.8 Å². The van der Waals surface area contributed by atoms with Gasteiger partial charge in [0.05, 0.1) is 12.1 Å². The van der Waals surface area contributed by atoms with Gasteiger partial charge in [0.2, 0.25) is 0 Å². The molecule has 3 aromatic rings. The fourth-order valence-corrected chi connectivity index (χ4v) is 4.72. The molecule has 0 amide bonds. The van der Waals surface area contributed by atoms with Crippen molar-refractivity contribution < 1.29 is 10.2 Å². The van der Waals surface area contributed by atoms with Crippen molar-refractivity contribution in [2.75, 3.05) is 17.6 Å². The van der Waals surface area contributed by atoms with E-state index in [2.05, 4.69) is 55.1 Å². The molecule has 0 aromatic carbocycles. The number of unbranched alkanes of at least 4 members (excludes halogenated alkanes) is 1. The van der Waals surface area contributed by atoms with Gasteiger partial charge >= 0.3 is 0 Å². The van der Waals surface area contributed by atoms with Crippen molar-refractivity contribution in [2.24, 2.45) is 5.92 Å². The van der Waals surface area contributed by atoms with E-state index in [1.54, 1.807) is 16.4 Å². The Morgan fingerprint density at radius 3 is 2.78 bits per heavy atom. The molecule has 0 spiro atoms. The molecule has 1 saturated carbocycles. The van der Waals surface area contributed by atoms with Crippen molar-refractivity contribution in [3.8, 4) is 0 Å². The highest BCUT2D eigenvalue weighted by Gasteiger charge is 2.43. The average molecular weight is 463 g/mol. The van der Waals surface area contributed by atoms with Gasteiger partial charge in [-0.25, -0.2) is 14.6 Å². The topological polar surface area (TPSA) is 163 Å². The Morgan fingerprint density at radius 2 is 2.03 bits per heavy atom. The predicted molar refractivity (Wildman–Crippen MR) is 119 cm³/mol. The number of anilines is 1. The van der Waals surface area contributed by atoms with Gasteiger partial charge in [0, 0.05) is 18.7 Å². The lowest BCUT2D eigenvalue weighted by molar-refractivity contribution is 0.00352. The molecule has 13 heteroatoms. The number of nitrogens with zero attached hydrogens (tertiary/aromatic N) is 8. The minimum Gasteiger partial charge on any atom is -0.390 e. The maximum Gasteiger partial charge on any atom is 0.191 e. The summed E-state index contributed by atoms with van der Waals surface area (Å²) in [5, 5.41) is 48.1. The van der Waals surface area contributed by atoms with Gasteiger partial charge < -0.3 is 15.5 Å². The van der Waals surface area contributed by atoms with E-state index < -0.39 is 18.2 Å². The first-order chi connectivity index (χ1) is 15.6. The molecule has 4 atom stereocenters. The van der Waals surface area contributed by atoms with E-state index in [9.17, 15) is 10.2 Å². The van der Waals surface area contributed by atoms with Gasteiger partial charge in [0.1, 0.15) is 6.10 Å². The predicted octanol–water partition coefficient (Wildman–Crippen LogP) is 1.36. The van der Waals surface area contributed by atoms with E-state index in [1.165, 1.54) is 0 Å². The fourth-order valence-electron chi connectivity index (χ4n) is 4.03. The summed E-state index contributed by atoms with van der Waals surface area (Å²) in [5.74, 6) is 2.04. The molecule has 3 aromatic heterocycles. The van der Waals surface area contributed by atoms with E-state index in [-0.39, 0.29) is 5.92 Å². The molecule has 0 radical (unpaired) electrons. The maximum atomic E-state index is 10.8. The van der Waals surface area contributed by atoms with Gasteiger partial charge in [-0.3, -0.25) is 0 Å². The number of aliphatic hydroxyl groups is 2. The molecule has 32 heavy (non-hydrogen) atoms. The minimum absolute atomic E-state index is 0.120. The molecule has 1 aliphatic rings. The second kappa shape index (κ2) is 10.5. The zero-order valence-corrected chi connectivity index (χ0v) is 19.2. The Labute approximate surface area is 190 Å². The Hall–Kier alpha value is -2.38. The Morgan fingerprint density at radius 1 is 1.16 bits per heavy atom. The third kappa shape index (κ3) is 4.84. The maximum absolute atomic E-state index is 10.8. The van der Waals surface area contributed by atoms with Gasteiger partial charge in [0.25, 0.3) is 0 Å². The molecule has 0 bridgehead atoms. The van der Waals surface area contributed by atoms with Crippen LogP contribution in [0.2, 0.25) is 0 Å². The fraction of sp³-hybridized carbons (Fsp3) is 0.737. The first-order valence-corrected chi connectivity index (χ1v) is 12.2. The van der Waals surface area contributed by atoms with Crippen LogP contribution in [0, 0.1) is 5.92 Å². The normalized spacial score (nSPS) is 23.2. The van der Waals surface area contributed by atoms with E-state index in [4.69, 9.17) is 4.98 Å². The highest BCUT2D eigenvalue weighted by Crippen LogP contribution is 2.39. The summed E-state index contributed by atoms with van der Waals surface area (Å²) in [7, 11) is 0. The van der Waals surface area contributed by atoms with Gasteiger partial charge in [-0.15, -0.1) is 15.3 Å². The number of hydrogen-bond donors (Lipinski definition) is 4. The number of fused-ring (bicyclic) bond motifs is 1.